The number of aliphatic hydroxyl groups is 1. The lowest BCUT2D eigenvalue weighted by Crippen LogP contribution is -2.65. The molecule has 0 bridgehead atoms. The molecule has 0 saturated carbocycles. The molecule has 2 aliphatic rings. The fraction of sp³-hybridized carbons (Fsp3) is 0.381. The van der Waals surface area contributed by atoms with Crippen molar-refractivity contribution in [1.29, 1.82) is 0 Å². The second kappa shape index (κ2) is 6.39. The molecule has 0 aliphatic carbocycles. The van der Waals surface area contributed by atoms with Gasteiger partial charge in [0.2, 0.25) is 5.78 Å². The van der Waals surface area contributed by atoms with E-state index in [1.54, 1.807) is 21.7 Å². The molecule has 2 aromatic heterocycles. The van der Waals surface area contributed by atoms with Crippen LogP contribution in [0.25, 0.3) is 5.78 Å². The molecule has 0 radical (unpaired) electrons. The maximum atomic E-state index is 13.0. The SMILES string of the molecule is Cc1cnc2nc(C(=O)N3CC[C@]4(Cc5ccccc5CN4)[C@H](O)C3)cn2c1. The van der Waals surface area contributed by atoms with Gasteiger partial charge >= 0.3 is 0 Å². The normalized spacial score (nSPS) is 24.5. The number of β-amino-alcohol motifs (C(OH)–C–C–N with tert-alkyl or cyclic N) is 1. The van der Waals surface area contributed by atoms with Gasteiger partial charge in [0.15, 0.2) is 0 Å². The average Bonchev–Trinajstić information content (AvgIpc) is 3.13. The molecular formula is C21H23N5O2. The van der Waals surface area contributed by atoms with E-state index >= 15 is 0 Å². The topological polar surface area (TPSA) is 82.8 Å². The van der Waals surface area contributed by atoms with E-state index in [1.807, 2.05) is 25.3 Å². The zero-order valence-electron chi connectivity index (χ0n) is 15.8. The number of imidazole rings is 1. The summed E-state index contributed by atoms with van der Waals surface area (Å²) in [6.45, 7) is 3.59. The Morgan fingerprint density at radius 3 is 2.93 bits per heavy atom. The Kier molecular flexibility index (Phi) is 3.96. The summed E-state index contributed by atoms with van der Waals surface area (Å²) in [5.41, 5.74) is 3.56. The maximum absolute atomic E-state index is 13.0. The van der Waals surface area contributed by atoms with Crippen LogP contribution >= 0.6 is 0 Å². The van der Waals surface area contributed by atoms with Gasteiger partial charge in [-0.15, -0.1) is 0 Å². The van der Waals surface area contributed by atoms with Crippen molar-refractivity contribution < 1.29 is 9.90 Å². The maximum Gasteiger partial charge on any atom is 0.274 e. The number of likely N-dealkylation sites (tertiary alicyclic amines) is 1. The van der Waals surface area contributed by atoms with Crippen LogP contribution in [0.15, 0.2) is 42.9 Å². The number of hydrogen-bond acceptors (Lipinski definition) is 5. The van der Waals surface area contributed by atoms with Crippen LogP contribution in [0, 0.1) is 6.92 Å². The predicted octanol–water partition coefficient (Wildman–Crippen LogP) is 1.33. The van der Waals surface area contributed by atoms with Crippen molar-refractivity contribution in [3.8, 4) is 0 Å². The fourth-order valence-electron chi connectivity index (χ4n) is 4.40. The first kappa shape index (κ1) is 17.3. The van der Waals surface area contributed by atoms with Crippen LogP contribution in [0.5, 0.6) is 0 Å². The van der Waals surface area contributed by atoms with Gasteiger partial charge in [-0.2, -0.15) is 0 Å². The first-order valence-corrected chi connectivity index (χ1v) is 9.65. The minimum atomic E-state index is -0.629. The van der Waals surface area contributed by atoms with Gasteiger partial charge < -0.3 is 15.3 Å². The number of aryl methyl sites for hydroxylation is 1. The van der Waals surface area contributed by atoms with E-state index in [4.69, 9.17) is 0 Å². The highest BCUT2D eigenvalue weighted by atomic mass is 16.3. The molecule has 1 fully saturated rings. The van der Waals surface area contributed by atoms with E-state index < -0.39 is 6.10 Å². The Hall–Kier alpha value is -2.77. The quantitative estimate of drug-likeness (QED) is 0.669. The van der Waals surface area contributed by atoms with Crippen LogP contribution in [0.2, 0.25) is 0 Å². The Morgan fingerprint density at radius 1 is 1.29 bits per heavy atom. The van der Waals surface area contributed by atoms with E-state index in [-0.39, 0.29) is 11.4 Å². The number of benzene rings is 1. The third-order valence-electron chi connectivity index (χ3n) is 6.06. The van der Waals surface area contributed by atoms with Gasteiger partial charge in [-0.1, -0.05) is 24.3 Å². The molecular weight excluding hydrogens is 354 g/mol. The Labute approximate surface area is 163 Å². The van der Waals surface area contributed by atoms with Crippen LogP contribution in [0.4, 0.5) is 0 Å². The van der Waals surface area contributed by atoms with E-state index in [0.717, 1.165) is 18.5 Å². The largest absolute Gasteiger partial charge is 0.389 e. The third kappa shape index (κ3) is 2.78. The Balaban J connectivity index is 1.35. The van der Waals surface area contributed by atoms with E-state index in [9.17, 15) is 9.90 Å². The lowest BCUT2D eigenvalue weighted by molar-refractivity contribution is -0.0140. The molecule has 7 nitrogen and oxygen atoms in total. The summed E-state index contributed by atoms with van der Waals surface area (Å²) in [5, 5.41) is 14.5. The standard InChI is InChI=1S/C21H23N5O2/c1-14-9-22-20-24-17(12-26(20)11-14)19(28)25-7-6-21(18(27)13-25)8-15-4-2-3-5-16(15)10-23-21/h2-5,9,11-12,18,23,27H,6-8,10,13H2,1H3/t18-,21+/m1/s1. The van der Waals surface area contributed by atoms with Gasteiger partial charge in [0.1, 0.15) is 5.69 Å². The second-order valence-electron chi connectivity index (χ2n) is 7.94. The van der Waals surface area contributed by atoms with Gasteiger partial charge in [-0.05, 0) is 36.5 Å². The molecule has 1 spiro atoms. The number of nitrogens with zero attached hydrogens (tertiary/aromatic N) is 4. The van der Waals surface area contributed by atoms with Gasteiger partial charge in [0.25, 0.3) is 5.91 Å². The number of amides is 1. The minimum absolute atomic E-state index is 0.159. The molecule has 4 heterocycles. The van der Waals surface area contributed by atoms with Gasteiger partial charge in [-0.3, -0.25) is 9.20 Å². The Morgan fingerprint density at radius 2 is 2.11 bits per heavy atom. The number of hydrogen-bond donors (Lipinski definition) is 2. The molecule has 28 heavy (non-hydrogen) atoms. The lowest BCUT2D eigenvalue weighted by Gasteiger charge is -2.48. The molecule has 5 rings (SSSR count). The van der Waals surface area contributed by atoms with Crippen molar-refractivity contribution in [1.82, 2.24) is 24.6 Å². The summed E-state index contributed by atoms with van der Waals surface area (Å²) in [7, 11) is 0. The van der Waals surface area contributed by atoms with E-state index in [1.165, 1.54) is 11.1 Å². The number of aliphatic hydroxyl groups excluding tert-OH is 1. The number of piperidine rings is 1. The smallest absolute Gasteiger partial charge is 0.274 e. The third-order valence-corrected chi connectivity index (χ3v) is 6.06. The van der Waals surface area contributed by atoms with Crippen LogP contribution in [-0.2, 0) is 13.0 Å². The molecule has 0 unspecified atom stereocenters. The summed E-state index contributed by atoms with van der Waals surface area (Å²) in [6.07, 6.45) is 6.20. The monoisotopic (exact) mass is 377 g/mol. The highest BCUT2D eigenvalue weighted by Crippen LogP contribution is 2.32. The van der Waals surface area contributed by atoms with E-state index in [2.05, 4.69) is 27.4 Å². The second-order valence-corrected chi connectivity index (χ2v) is 7.94. The molecule has 1 amide bonds. The van der Waals surface area contributed by atoms with Gasteiger partial charge in [0.05, 0.1) is 11.6 Å². The van der Waals surface area contributed by atoms with Crippen LogP contribution in [0.3, 0.4) is 0 Å². The van der Waals surface area contributed by atoms with Crippen molar-refractivity contribution in [2.45, 2.75) is 38.0 Å². The molecule has 1 aromatic carbocycles. The first-order valence-electron chi connectivity index (χ1n) is 9.65. The molecule has 7 heteroatoms. The van der Waals surface area contributed by atoms with Crippen molar-refractivity contribution in [3.63, 3.8) is 0 Å². The summed E-state index contributed by atoms with van der Waals surface area (Å²) in [4.78, 5) is 23.3. The minimum Gasteiger partial charge on any atom is -0.389 e. The molecule has 1 saturated heterocycles. The van der Waals surface area contributed by atoms with E-state index in [0.29, 0.717) is 31.0 Å². The Bertz CT molecular complexity index is 1060. The number of rotatable bonds is 1. The summed E-state index contributed by atoms with van der Waals surface area (Å²) < 4.78 is 1.77. The zero-order valence-corrected chi connectivity index (χ0v) is 15.8. The van der Waals surface area contributed by atoms with Gasteiger partial charge in [0, 0.05) is 38.2 Å². The predicted molar refractivity (Wildman–Crippen MR) is 104 cm³/mol. The number of carbonyl (C=O) groups excluding carboxylic acids is 1. The molecule has 2 N–H and O–H groups in total. The van der Waals surface area contributed by atoms with Crippen molar-refractivity contribution in [2.24, 2.45) is 0 Å². The first-order chi connectivity index (χ1) is 13.5. The number of nitrogens with one attached hydrogen (secondary N) is 1. The summed E-state index contributed by atoms with van der Waals surface area (Å²) >= 11 is 0. The van der Waals surface area contributed by atoms with Crippen LogP contribution < -0.4 is 5.32 Å². The lowest BCUT2D eigenvalue weighted by atomic mass is 9.76. The summed E-state index contributed by atoms with van der Waals surface area (Å²) in [6, 6.07) is 8.34. The highest BCUT2D eigenvalue weighted by molar-refractivity contribution is 5.93. The van der Waals surface area contributed by atoms with Crippen molar-refractivity contribution >= 4 is 11.7 Å². The average molecular weight is 377 g/mol. The molecule has 144 valence electrons. The fourth-order valence-corrected chi connectivity index (χ4v) is 4.40. The zero-order chi connectivity index (χ0) is 19.3. The van der Waals surface area contributed by atoms with Crippen LogP contribution in [0.1, 0.15) is 33.6 Å². The van der Waals surface area contributed by atoms with Crippen molar-refractivity contribution in [3.05, 3.63) is 65.2 Å². The summed E-state index contributed by atoms with van der Waals surface area (Å²) in [5.74, 6) is 0.349. The van der Waals surface area contributed by atoms with Crippen LogP contribution in [-0.4, -0.2) is 55.0 Å². The number of fused-ring (bicyclic) bond motifs is 2. The van der Waals surface area contributed by atoms with Gasteiger partial charge in [-0.25, -0.2) is 9.97 Å². The molecule has 2 aliphatic heterocycles. The number of carbonyl (C=O) groups is 1. The highest BCUT2D eigenvalue weighted by Gasteiger charge is 2.45. The molecule has 2 atom stereocenters. The van der Waals surface area contributed by atoms with Crippen molar-refractivity contribution in [2.75, 3.05) is 13.1 Å². The number of aromatic nitrogens is 3. The molecule has 3 aromatic rings.